The van der Waals surface area contributed by atoms with Crippen LogP contribution < -0.4 is 0 Å². The van der Waals surface area contributed by atoms with E-state index in [4.69, 9.17) is 16.3 Å². The van der Waals surface area contributed by atoms with Gasteiger partial charge in [-0.25, -0.2) is 0 Å². The van der Waals surface area contributed by atoms with Gasteiger partial charge in [-0.3, -0.25) is 4.68 Å². The molecular weight excluding hydrogens is 276 g/mol. The Kier molecular flexibility index (Phi) is 5.47. The zero-order valence-corrected chi connectivity index (χ0v) is 13.2. The number of aliphatic hydroxyl groups is 1. The smallest absolute Gasteiger partial charge is 0.108 e. The van der Waals surface area contributed by atoms with Crippen molar-refractivity contribution in [2.24, 2.45) is 5.92 Å². The van der Waals surface area contributed by atoms with Gasteiger partial charge in [0.05, 0.1) is 30.1 Å². The van der Waals surface area contributed by atoms with E-state index in [2.05, 4.69) is 12.0 Å². The lowest BCUT2D eigenvalue weighted by Crippen LogP contribution is -2.29. The van der Waals surface area contributed by atoms with Crippen molar-refractivity contribution >= 4 is 11.6 Å². The monoisotopic (exact) mass is 300 g/mol. The number of hydrogen-bond acceptors (Lipinski definition) is 3. The van der Waals surface area contributed by atoms with Gasteiger partial charge in [-0.15, -0.1) is 0 Å². The van der Waals surface area contributed by atoms with E-state index in [9.17, 15) is 5.11 Å². The molecule has 5 heteroatoms. The minimum absolute atomic E-state index is 0.568. The number of nitrogens with zero attached hydrogens (tertiary/aromatic N) is 2. The third kappa shape index (κ3) is 3.35. The fraction of sp³-hybridized carbons (Fsp3) is 0.800. The highest BCUT2D eigenvalue weighted by atomic mass is 35.5. The van der Waals surface area contributed by atoms with Gasteiger partial charge in [0, 0.05) is 7.11 Å². The first kappa shape index (κ1) is 15.8. The van der Waals surface area contributed by atoms with Gasteiger partial charge in [-0.05, 0) is 31.6 Å². The Morgan fingerprint density at radius 2 is 2.30 bits per heavy atom. The summed E-state index contributed by atoms with van der Waals surface area (Å²) in [5.74, 6) is 0.721. The molecule has 2 atom stereocenters. The predicted molar refractivity (Wildman–Crippen MR) is 79.9 cm³/mol. The minimum Gasteiger partial charge on any atom is -0.384 e. The molecule has 1 N–H and O–H groups in total. The number of hydrogen-bond donors (Lipinski definition) is 1. The standard InChI is InChI=1S/C15H25ClN2O2/c1-3-12-5-4-7-15(19,8-6-12)14-13(16)11-17-18(14)9-10-20-2/h11-12,19H,3-10H2,1-2H3. The summed E-state index contributed by atoms with van der Waals surface area (Å²) in [6.07, 6.45) is 7.65. The van der Waals surface area contributed by atoms with E-state index >= 15 is 0 Å². The molecule has 0 spiro atoms. The van der Waals surface area contributed by atoms with Crippen molar-refractivity contribution in [3.63, 3.8) is 0 Å². The van der Waals surface area contributed by atoms with E-state index in [0.29, 0.717) is 18.2 Å². The predicted octanol–water partition coefficient (Wildman–Crippen LogP) is 3.36. The van der Waals surface area contributed by atoms with Gasteiger partial charge >= 0.3 is 0 Å². The number of methoxy groups -OCH3 is 1. The van der Waals surface area contributed by atoms with Crippen LogP contribution in [0.4, 0.5) is 0 Å². The van der Waals surface area contributed by atoms with E-state index in [0.717, 1.165) is 37.3 Å². The van der Waals surface area contributed by atoms with Crippen molar-refractivity contribution in [3.05, 3.63) is 16.9 Å². The lowest BCUT2D eigenvalue weighted by atomic mass is 9.89. The molecule has 1 aliphatic rings. The van der Waals surface area contributed by atoms with Crippen molar-refractivity contribution in [2.75, 3.05) is 13.7 Å². The molecule has 1 aromatic heterocycles. The van der Waals surface area contributed by atoms with Gasteiger partial charge in [-0.1, -0.05) is 31.4 Å². The first-order valence-corrected chi connectivity index (χ1v) is 7.91. The number of halogens is 1. The van der Waals surface area contributed by atoms with Crippen molar-refractivity contribution in [1.82, 2.24) is 9.78 Å². The molecule has 0 amide bonds. The molecule has 4 nitrogen and oxygen atoms in total. The molecule has 1 heterocycles. The van der Waals surface area contributed by atoms with Crippen LogP contribution in [0.5, 0.6) is 0 Å². The number of rotatable bonds is 5. The van der Waals surface area contributed by atoms with Gasteiger partial charge in [0.1, 0.15) is 5.60 Å². The topological polar surface area (TPSA) is 47.3 Å². The van der Waals surface area contributed by atoms with E-state index < -0.39 is 5.60 Å². The van der Waals surface area contributed by atoms with Crippen molar-refractivity contribution in [2.45, 2.75) is 57.6 Å². The Morgan fingerprint density at radius 1 is 1.50 bits per heavy atom. The van der Waals surface area contributed by atoms with Crippen molar-refractivity contribution < 1.29 is 9.84 Å². The van der Waals surface area contributed by atoms with Crippen LogP contribution in [0.15, 0.2) is 6.20 Å². The lowest BCUT2D eigenvalue weighted by molar-refractivity contribution is 0.00976. The SMILES string of the molecule is CCC1CCCC(O)(c2c(Cl)cnn2CCOC)CC1. The molecule has 1 fully saturated rings. The summed E-state index contributed by atoms with van der Waals surface area (Å²) in [4.78, 5) is 0. The summed E-state index contributed by atoms with van der Waals surface area (Å²) in [6.45, 7) is 3.42. The highest BCUT2D eigenvalue weighted by Gasteiger charge is 2.37. The van der Waals surface area contributed by atoms with Gasteiger partial charge in [-0.2, -0.15) is 5.10 Å². The second-order valence-corrected chi connectivity index (χ2v) is 6.20. The fourth-order valence-electron chi connectivity index (χ4n) is 3.21. The Morgan fingerprint density at radius 3 is 3.00 bits per heavy atom. The van der Waals surface area contributed by atoms with Crippen LogP contribution in [0, 0.1) is 5.92 Å². The molecule has 0 saturated heterocycles. The largest absolute Gasteiger partial charge is 0.384 e. The highest BCUT2D eigenvalue weighted by Crippen LogP contribution is 2.41. The second kappa shape index (κ2) is 6.92. The molecule has 0 aromatic carbocycles. The molecule has 1 aromatic rings. The van der Waals surface area contributed by atoms with Gasteiger partial charge in [0.15, 0.2) is 0 Å². The highest BCUT2D eigenvalue weighted by molar-refractivity contribution is 6.31. The first-order chi connectivity index (χ1) is 9.60. The van der Waals surface area contributed by atoms with Gasteiger partial charge in [0.2, 0.25) is 0 Å². The maximum atomic E-state index is 11.1. The normalized spacial score (nSPS) is 27.5. The fourth-order valence-corrected chi connectivity index (χ4v) is 3.53. The first-order valence-electron chi connectivity index (χ1n) is 7.54. The third-order valence-electron chi connectivity index (χ3n) is 4.49. The Labute approximate surface area is 126 Å². The molecule has 0 bridgehead atoms. The zero-order valence-electron chi connectivity index (χ0n) is 12.4. The van der Waals surface area contributed by atoms with Crippen LogP contribution >= 0.6 is 11.6 Å². The molecule has 2 unspecified atom stereocenters. The number of ether oxygens (including phenoxy) is 1. The van der Waals surface area contributed by atoms with Crippen LogP contribution in [0.1, 0.15) is 51.1 Å². The lowest BCUT2D eigenvalue weighted by Gasteiger charge is -2.28. The Hall–Kier alpha value is -0.580. The molecule has 0 aliphatic heterocycles. The van der Waals surface area contributed by atoms with E-state index in [-0.39, 0.29) is 0 Å². The maximum Gasteiger partial charge on any atom is 0.108 e. The van der Waals surface area contributed by atoms with Crippen molar-refractivity contribution in [1.29, 1.82) is 0 Å². The molecular formula is C15H25ClN2O2. The van der Waals surface area contributed by atoms with E-state index in [1.54, 1.807) is 18.0 Å². The van der Waals surface area contributed by atoms with Crippen LogP contribution in [0.3, 0.4) is 0 Å². The summed E-state index contributed by atoms with van der Waals surface area (Å²) in [5, 5.41) is 16.0. The van der Waals surface area contributed by atoms with Crippen LogP contribution in [0.25, 0.3) is 0 Å². The van der Waals surface area contributed by atoms with E-state index in [1.807, 2.05) is 0 Å². The van der Waals surface area contributed by atoms with Crippen LogP contribution in [-0.2, 0) is 16.9 Å². The van der Waals surface area contributed by atoms with E-state index in [1.165, 1.54) is 12.8 Å². The Bertz CT molecular complexity index is 436. The molecule has 1 aliphatic carbocycles. The zero-order chi connectivity index (χ0) is 14.6. The Balaban J connectivity index is 2.22. The van der Waals surface area contributed by atoms with Crippen LogP contribution in [-0.4, -0.2) is 28.6 Å². The number of aromatic nitrogens is 2. The van der Waals surface area contributed by atoms with Gasteiger partial charge in [0.25, 0.3) is 0 Å². The maximum absolute atomic E-state index is 11.1. The van der Waals surface area contributed by atoms with Crippen molar-refractivity contribution in [3.8, 4) is 0 Å². The summed E-state index contributed by atoms with van der Waals surface area (Å²) < 4.78 is 6.91. The third-order valence-corrected chi connectivity index (χ3v) is 4.77. The summed E-state index contributed by atoms with van der Waals surface area (Å²) in [7, 11) is 1.66. The quantitative estimate of drug-likeness (QED) is 0.848. The van der Waals surface area contributed by atoms with Gasteiger partial charge < -0.3 is 9.84 Å². The summed E-state index contributed by atoms with van der Waals surface area (Å²) in [6, 6.07) is 0. The molecule has 2 rings (SSSR count). The molecule has 114 valence electrons. The molecule has 20 heavy (non-hydrogen) atoms. The minimum atomic E-state index is -0.842. The van der Waals surface area contributed by atoms with Crippen LogP contribution in [0.2, 0.25) is 5.02 Å². The molecule has 1 saturated carbocycles. The summed E-state index contributed by atoms with van der Waals surface area (Å²) in [5.41, 5.74) is -0.0708. The summed E-state index contributed by atoms with van der Waals surface area (Å²) >= 11 is 6.29. The average molecular weight is 301 g/mol. The average Bonchev–Trinajstić information content (AvgIpc) is 2.70. The second-order valence-electron chi connectivity index (χ2n) is 5.79. The molecule has 0 radical (unpaired) electrons.